The average molecular weight is 498 g/mol. The number of hydrogen-bond donors (Lipinski definition) is 1. The first-order valence-corrected chi connectivity index (χ1v) is 12.8. The van der Waals surface area contributed by atoms with Crippen LogP contribution in [0, 0.1) is 19.7 Å². The van der Waals surface area contributed by atoms with Crippen LogP contribution < -0.4 is 14.4 Å². The largest absolute Gasteiger partial charge is 0.484 e. The molecular weight excluding hydrogens is 469 g/mol. The number of aryl methyl sites for hydroxylation is 2. The monoisotopic (exact) mass is 497 g/mol. The fraction of sp³-hybridized carbons (Fsp3) is 0.269. The molecule has 1 fully saturated rings. The maximum atomic E-state index is 13.1. The standard InChI is InChI=1S/C26H28FN3O4S/c1-19-3-4-20(2)25(17-19)28-35(32,33)24-11-9-23(10-12-24)34-18-26(31)30-15-13-29(14-16-30)22-7-5-21(27)6-8-22/h3-12,17,28H,13-16,18H2,1-2H3. The van der Waals surface area contributed by atoms with E-state index in [1.54, 1.807) is 23.1 Å². The van der Waals surface area contributed by atoms with Crippen molar-refractivity contribution in [2.75, 3.05) is 42.4 Å². The summed E-state index contributed by atoms with van der Waals surface area (Å²) in [5.74, 6) is -0.00555. The van der Waals surface area contributed by atoms with Gasteiger partial charge in [-0.05, 0) is 79.6 Å². The molecule has 1 N–H and O–H groups in total. The van der Waals surface area contributed by atoms with Gasteiger partial charge < -0.3 is 14.5 Å². The predicted molar refractivity (Wildman–Crippen MR) is 134 cm³/mol. The van der Waals surface area contributed by atoms with E-state index in [1.165, 1.54) is 36.4 Å². The molecule has 0 bridgehead atoms. The van der Waals surface area contributed by atoms with Crippen LogP contribution in [0.25, 0.3) is 0 Å². The van der Waals surface area contributed by atoms with Gasteiger partial charge in [-0.15, -0.1) is 0 Å². The molecule has 0 radical (unpaired) electrons. The lowest BCUT2D eigenvalue weighted by Crippen LogP contribution is -2.50. The van der Waals surface area contributed by atoms with Crippen molar-refractivity contribution in [1.82, 2.24) is 4.90 Å². The second-order valence-electron chi connectivity index (χ2n) is 8.53. The van der Waals surface area contributed by atoms with Gasteiger partial charge in [0.05, 0.1) is 10.6 Å². The van der Waals surface area contributed by atoms with Gasteiger partial charge in [0.25, 0.3) is 15.9 Å². The van der Waals surface area contributed by atoms with Crippen molar-refractivity contribution in [3.8, 4) is 5.75 Å². The molecule has 7 nitrogen and oxygen atoms in total. The van der Waals surface area contributed by atoms with Crippen LogP contribution in [0.3, 0.4) is 0 Å². The van der Waals surface area contributed by atoms with Crippen LogP contribution in [-0.2, 0) is 14.8 Å². The number of benzene rings is 3. The molecule has 3 aromatic carbocycles. The molecule has 35 heavy (non-hydrogen) atoms. The molecule has 0 atom stereocenters. The van der Waals surface area contributed by atoms with Crippen molar-refractivity contribution in [2.24, 2.45) is 0 Å². The maximum Gasteiger partial charge on any atom is 0.261 e. The third-order valence-electron chi connectivity index (χ3n) is 5.96. The maximum absolute atomic E-state index is 13.1. The molecule has 1 aliphatic rings. The minimum Gasteiger partial charge on any atom is -0.484 e. The second kappa shape index (κ2) is 10.4. The van der Waals surface area contributed by atoms with Crippen LogP contribution in [0.1, 0.15) is 11.1 Å². The number of hydrogen-bond acceptors (Lipinski definition) is 5. The molecule has 3 aromatic rings. The number of piperazine rings is 1. The highest BCUT2D eigenvalue weighted by Gasteiger charge is 2.22. The number of carbonyl (C=O) groups is 1. The van der Waals surface area contributed by atoms with Crippen LogP contribution in [0.5, 0.6) is 5.75 Å². The second-order valence-corrected chi connectivity index (χ2v) is 10.2. The summed E-state index contributed by atoms with van der Waals surface area (Å²) in [4.78, 5) is 16.5. The Balaban J connectivity index is 1.29. The number of carbonyl (C=O) groups excluding carboxylic acids is 1. The first-order chi connectivity index (χ1) is 16.7. The van der Waals surface area contributed by atoms with E-state index in [0.717, 1.165) is 16.8 Å². The summed E-state index contributed by atoms with van der Waals surface area (Å²) >= 11 is 0. The summed E-state index contributed by atoms with van der Waals surface area (Å²) < 4.78 is 46.9. The van der Waals surface area contributed by atoms with Crippen molar-refractivity contribution >= 4 is 27.3 Å². The number of halogens is 1. The average Bonchev–Trinajstić information content (AvgIpc) is 2.85. The van der Waals surface area contributed by atoms with Gasteiger partial charge in [0.2, 0.25) is 0 Å². The lowest BCUT2D eigenvalue weighted by atomic mass is 10.1. The van der Waals surface area contributed by atoms with E-state index in [9.17, 15) is 17.6 Å². The number of nitrogens with zero attached hydrogens (tertiary/aromatic N) is 2. The van der Waals surface area contributed by atoms with Gasteiger partial charge in [-0.25, -0.2) is 12.8 Å². The zero-order valence-electron chi connectivity index (χ0n) is 19.7. The smallest absolute Gasteiger partial charge is 0.261 e. The first kappa shape index (κ1) is 24.5. The summed E-state index contributed by atoms with van der Waals surface area (Å²) in [6, 6.07) is 17.9. The molecule has 1 heterocycles. The normalized spacial score (nSPS) is 14.0. The molecule has 184 valence electrons. The number of anilines is 2. The van der Waals surface area contributed by atoms with Gasteiger partial charge in [0.1, 0.15) is 11.6 Å². The van der Waals surface area contributed by atoms with Crippen molar-refractivity contribution in [1.29, 1.82) is 0 Å². The third-order valence-corrected chi connectivity index (χ3v) is 7.34. The van der Waals surface area contributed by atoms with E-state index >= 15 is 0 Å². The number of amides is 1. The predicted octanol–water partition coefficient (Wildman–Crippen LogP) is 3.97. The Morgan fingerprint density at radius 1 is 0.943 bits per heavy atom. The van der Waals surface area contributed by atoms with E-state index < -0.39 is 10.0 Å². The zero-order valence-corrected chi connectivity index (χ0v) is 20.5. The summed E-state index contributed by atoms with van der Waals surface area (Å²) in [7, 11) is -3.75. The Kier molecular flexibility index (Phi) is 7.25. The quantitative estimate of drug-likeness (QED) is 0.535. The molecule has 9 heteroatoms. The van der Waals surface area contributed by atoms with Crippen molar-refractivity contribution in [3.05, 3.63) is 83.7 Å². The lowest BCUT2D eigenvalue weighted by Gasteiger charge is -2.36. The Morgan fingerprint density at radius 2 is 1.60 bits per heavy atom. The van der Waals surface area contributed by atoms with Crippen molar-refractivity contribution in [3.63, 3.8) is 0 Å². The number of nitrogens with one attached hydrogen (secondary N) is 1. The number of ether oxygens (including phenoxy) is 1. The zero-order chi connectivity index (χ0) is 25.0. The van der Waals surface area contributed by atoms with Crippen LogP contribution in [0.2, 0.25) is 0 Å². The van der Waals surface area contributed by atoms with E-state index in [0.29, 0.717) is 37.6 Å². The molecule has 1 amide bonds. The SMILES string of the molecule is Cc1ccc(C)c(NS(=O)(=O)c2ccc(OCC(=O)N3CCN(c4ccc(F)cc4)CC3)cc2)c1. The van der Waals surface area contributed by atoms with Crippen LogP contribution in [-0.4, -0.2) is 52.0 Å². The van der Waals surface area contributed by atoms with Crippen molar-refractivity contribution in [2.45, 2.75) is 18.7 Å². The molecule has 0 unspecified atom stereocenters. The van der Waals surface area contributed by atoms with Crippen LogP contribution >= 0.6 is 0 Å². The lowest BCUT2D eigenvalue weighted by molar-refractivity contribution is -0.133. The fourth-order valence-corrected chi connectivity index (χ4v) is 4.99. The summed E-state index contributed by atoms with van der Waals surface area (Å²) in [5, 5.41) is 0. The highest BCUT2D eigenvalue weighted by atomic mass is 32.2. The topological polar surface area (TPSA) is 78.9 Å². The molecule has 0 spiro atoms. The molecule has 0 aromatic heterocycles. The first-order valence-electron chi connectivity index (χ1n) is 11.3. The number of sulfonamides is 1. The van der Waals surface area contributed by atoms with E-state index in [2.05, 4.69) is 9.62 Å². The minimum absolute atomic E-state index is 0.106. The van der Waals surface area contributed by atoms with Gasteiger partial charge in [-0.2, -0.15) is 0 Å². The Morgan fingerprint density at radius 3 is 2.26 bits per heavy atom. The van der Waals surface area contributed by atoms with Crippen LogP contribution in [0.15, 0.2) is 71.6 Å². The van der Waals surface area contributed by atoms with Gasteiger partial charge >= 0.3 is 0 Å². The van der Waals surface area contributed by atoms with Gasteiger partial charge in [0.15, 0.2) is 6.61 Å². The summed E-state index contributed by atoms with van der Waals surface area (Å²) in [6.45, 7) is 5.99. The molecular formula is C26H28FN3O4S. The highest BCUT2D eigenvalue weighted by Crippen LogP contribution is 2.23. The van der Waals surface area contributed by atoms with Gasteiger partial charge in [-0.3, -0.25) is 9.52 Å². The highest BCUT2D eigenvalue weighted by molar-refractivity contribution is 7.92. The van der Waals surface area contributed by atoms with Crippen molar-refractivity contribution < 1.29 is 22.3 Å². The van der Waals surface area contributed by atoms with Crippen LogP contribution in [0.4, 0.5) is 15.8 Å². The van der Waals surface area contributed by atoms with Gasteiger partial charge in [-0.1, -0.05) is 12.1 Å². The Bertz CT molecular complexity index is 1290. The molecule has 1 aliphatic heterocycles. The molecule has 4 rings (SSSR count). The Hall–Kier alpha value is -3.59. The minimum atomic E-state index is -3.75. The van der Waals surface area contributed by atoms with Gasteiger partial charge in [0, 0.05) is 31.9 Å². The number of rotatable bonds is 7. The van der Waals surface area contributed by atoms with E-state index in [-0.39, 0.29) is 23.2 Å². The molecule has 0 saturated carbocycles. The fourth-order valence-electron chi connectivity index (χ4n) is 3.87. The molecule has 0 aliphatic carbocycles. The summed E-state index contributed by atoms with van der Waals surface area (Å²) in [6.07, 6.45) is 0. The van der Waals surface area contributed by atoms with E-state index in [1.807, 2.05) is 26.0 Å². The third kappa shape index (κ3) is 6.10. The summed E-state index contributed by atoms with van der Waals surface area (Å²) in [5.41, 5.74) is 3.25. The molecule has 1 saturated heterocycles. The van der Waals surface area contributed by atoms with E-state index in [4.69, 9.17) is 4.74 Å². The Labute approximate surface area is 205 Å².